The SMILES string of the molecule is COc1ccccc1CN(C)CCS(=O)(=O)NC1(CCC(C)C)C(=O)C(C2=NS(=O)(=O)c3cc(NS(C)(=O)=O)ccc3N2)C(=O)c2ccccc21. The molecule has 274 valence electrons. The first-order valence-electron chi connectivity index (χ1n) is 16.1. The van der Waals surface area contributed by atoms with Crippen molar-refractivity contribution in [2.45, 2.75) is 43.7 Å². The number of para-hydroxylation sites is 1. The monoisotopic (exact) mass is 759 g/mol. The minimum Gasteiger partial charge on any atom is -0.496 e. The molecule has 3 aromatic rings. The van der Waals surface area contributed by atoms with Crippen LogP contribution in [0.4, 0.5) is 11.4 Å². The van der Waals surface area contributed by atoms with Gasteiger partial charge in [-0.15, -0.1) is 4.40 Å². The van der Waals surface area contributed by atoms with Gasteiger partial charge in [0.25, 0.3) is 10.0 Å². The second kappa shape index (κ2) is 14.5. The van der Waals surface area contributed by atoms with Crippen molar-refractivity contribution in [3.8, 4) is 5.75 Å². The zero-order valence-electron chi connectivity index (χ0n) is 28.8. The van der Waals surface area contributed by atoms with E-state index in [1.165, 1.54) is 24.3 Å². The van der Waals surface area contributed by atoms with Crippen molar-refractivity contribution in [3.63, 3.8) is 0 Å². The van der Waals surface area contributed by atoms with Gasteiger partial charge in [0, 0.05) is 29.9 Å². The van der Waals surface area contributed by atoms with Crippen LogP contribution in [-0.2, 0) is 46.9 Å². The Hall–Kier alpha value is -4.16. The number of fused-ring (bicyclic) bond motifs is 2. The van der Waals surface area contributed by atoms with Gasteiger partial charge in [0.15, 0.2) is 11.6 Å². The first-order valence-corrected chi connectivity index (χ1v) is 21.1. The van der Waals surface area contributed by atoms with Crippen molar-refractivity contribution in [3.05, 3.63) is 83.4 Å². The Bertz CT molecular complexity index is 2220. The van der Waals surface area contributed by atoms with Crippen molar-refractivity contribution >= 4 is 58.8 Å². The molecular weight excluding hydrogens is 719 g/mol. The number of sulfonamides is 3. The molecule has 51 heavy (non-hydrogen) atoms. The number of amidine groups is 1. The predicted molar refractivity (Wildman–Crippen MR) is 194 cm³/mol. The van der Waals surface area contributed by atoms with Crippen molar-refractivity contribution in [2.75, 3.05) is 42.7 Å². The molecule has 2 unspecified atom stereocenters. The van der Waals surface area contributed by atoms with E-state index in [1.54, 1.807) is 31.2 Å². The molecule has 0 saturated carbocycles. The molecule has 0 spiro atoms. The van der Waals surface area contributed by atoms with Crippen LogP contribution in [0.15, 0.2) is 76.0 Å². The Morgan fingerprint density at radius 2 is 1.71 bits per heavy atom. The number of rotatable bonds is 14. The lowest BCUT2D eigenvalue weighted by atomic mass is 9.67. The fraction of sp³-hybridized carbons (Fsp3) is 0.382. The van der Waals surface area contributed by atoms with Crippen molar-refractivity contribution in [2.24, 2.45) is 16.2 Å². The Morgan fingerprint density at radius 3 is 2.39 bits per heavy atom. The van der Waals surface area contributed by atoms with Gasteiger partial charge in [0.05, 0.1) is 24.8 Å². The van der Waals surface area contributed by atoms with Crippen LogP contribution >= 0.6 is 0 Å². The molecule has 1 aliphatic carbocycles. The first kappa shape index (κ1) is 38.1. The second-order valence-corrected chi connectivity index (χ2v) is 18.3. The summed E-state index contributed by atoms with van der Waals surface area (Å²) in [5.41, 5.74) is -0.906. The molecule has 2 aliphatic rings. The van der Waals surface area contributed by atoms with E-state index < -0.39 is 58.9 Å². The van der Waals surface area contributed by atoms with Gasteiger partial charge in [0.1, 0.15) is 27.9 Å². The van der Waals surface area contributed by atoms with Crippen LogP contribution in [0.1, 0.15) is 48.2 Å². The third-order valence-corrected chi connectivity index (χ3v) is 12.0. The maximum Gasteiger partial charge on any atom is 0.286 e. The van der Waals surface area contributed by atoms with Crippen LogP contribution in [0.2, 0.25) is 0 Å². The highest BCUT2D eigenvalue weighted by Gasteiger charge is 2.55. The van der Waals surface area contributed by atoms with E-state index in [0.29, 0.717) is 18.7 Å². The fourth-order valence-corrected chi connectivity index (χ4v) is 9.50. The lowest BCUT2D eigenvalue weighted by Crippen LogP contribution is -2.61. The summed E-state index contributed by atoms with van der Waals surface area (Å²) in [5, 5.41) is 2.80. The van der Waals surface area contributed by atoms with Gasteiger partial charge in [-0.2, -0.15) is 13.1 Å². The third-order valence-electron chi connectivity index (χ3n) is 8.72. The van der Waals surface area contributed by atoms with E-state index in [0.717, 1.165) is 17.9 Å². The van der Waals surface area contributed by atoms with Crippen molar-refractivity contribution < 1.29 is 39.6 Å². The zero-order valence-corrected chi connectivity index (χ0v) is 31.3. The summed E-state index contributed by atoms with van der Waals surface area (Å²) < 4.78 is 92.5. The average Bonchev–Trinajstić information content (AvgIpc) is 3.05. The standard InChI is InChI=1S/C34H41N5O9S3/c1-22(2)16-17-34(38-50(44,45)19-18-39(3)21-23-10-6-9-13-28(23)48-4)26-12-8-7-11-25(26)31(40)30(32(34)41)33-35-27-15-14-24(36-49(5,42)43)20-29(27)51(46,47)37-33/h6-15,20,22,30,36,38H,16-19,21H2,1-5H3,(H,35,37). The molecule has 14 nitrogen and oxygen atoms in total. The number of carbonyl (C=O) groups excluding carboxylic acids is 2. The van der Waals surface area contributed by atoms with Gasteiger partial charge in [-0.3, -0.25) is 14.3 Å². The summed E-state index contributed by atoms with van der Waals surface area (Å²) >= 11 is 0. The Morgan fingerprint density at radius 1 is 1.02 bits per heavy atom. The van der Waals surface area contributed by atoms with Crippen LogP contribution in [0.5, 0.6) is 5.75 Å². The number of anilines is 2. The van der Waals surface area contributed by atoms with E-state index in [2.05, 4.69) is 19.2 Å². The highest BCUT2D eigenvalue weighted by atomic mass is 32.2. The molecule has 1 heterocycles. The van der Waals surface area contributed by atoms with Crippen LogP contribution in [-0.4, -0.2) is 80.3 Å². The smallest absolute Gasteiger partial charge is 0.286 e. The summed E-state index contributed by atoms with van der Waals surface area (Å²) in [6.07, 6.45) is 1.28. The maximum absolute atomic E-state index is 14.8. The summed E-state index contributed by atoms with van der Waals surface area (Å²) in [4.78, 5) is 30.3. The third kappa shape index (κ3) is 8.33. The minimum atomic E-state index is -4.56. The Labute approximate surface area is 298 Å². The number of benzene rings is 3. The number of ether oxygens (including phenoxy) is 1. The second-order valence-electron chi connectivity index (χ2n) is 13.2. The molecule has 2 atom stereocenters. The van der Waals surface area contributed by atoms with E-state index in [4.69, 9.17) is 4.74 Å². The number of ketones is 2. The summed E-state index contributed by atoms with van der Waals surface area (Å²) in [6.45, 7) is 4.31. The van der Waals surface area contributed by atoms with Crippen LogP contribution < -0.4 is 19.5 Å². The molecule has 0 radical (unpaired) electrons. The summed E-state index contributed by atoms with van der Waals surface area (Å²) in [5.74, 6) is -3.60. The van der Waals surface area contributed by atoms with Crippen LogP contribution in [0.3, 0.4) is 0 Å². The molecule has 0 amide bonds. The molecule has 5 rings (SSSR count). The van der Waals surface area contributed by atoms with Crippen LogP contribution in [0.25, 0.3) is 0 Å². The molecule has 0 saturated heterocycles. The van der Waals surface area contributed by atoms with Gasteiger partial charge < -0.3 is 15.0 Å². The molecule has 3 aromatic carbocycles. The molecule has 1 aliphatic heterocycles. The van der Waals surface area contributed by atoms with E-state index >= 15 is 0 Å². The molecule has 0 bridgehead atoms. The Kier molecular flexibility index (Phi) is 10.8. The van der Waals surface area contributed by atoms with Gasteiger partial charge in [0.2, 0.25) is 20.0 Å². The predicted octanol–water partition coefficient (Wildman–Crippen LogP) is 3.34. The first-order chi connectivity index (χ1) is 23.9. The number of Topliss-reactive ketones (excluding diaryl/α,β-unsaturated/α-hetero) is 2. The van der Waals surface area contributed by atoms with Gasteiger partial charge in [-0.1, -0.05) is 56.3 Å². The highest BCUT2D eigenvalue weighted by molar-refractivity contribution is 7.92. The Balaban J connectivity index is 1.52. The van der Waals surface area contributed by atoms with E-state index in [-0.39, 0.29) is 52.0 Å². The van der Waals surface area contributed by atoms with Gasteiger partial charge >= 0.3 is 0 Å². The number of carbonyl (C=O) groups is 2. The minimum absolute atomic E-state index is 0.0162. The quantitative estimate of drug-likeness (QED) is 0.204. The van der Waals surface area contributed by atoms with Crippen molar-refractivity contribution in [1.82, 2.24) is 9.62 Å². The normalized spacial score (nSPS) is 20.0. The molecule has 3 N–H and O–H groups in total. The number of nitrogens with zero attached hydrogens (tertiary/aromatic N) is 2. The van der Waals surface area contributed by atoms with E-state index in [9.17, 15) is 34.8 Å². The molecular formula is C34H41N5O9S3. The largest absolute Gasteiger partial charge is 0.496 e. The molecule has 17 heteroatoms. The van der Waals surface area contributed by atoms with Gasteiger partial charge in [-0.05, 0) is 55.6 Å². The van der Waals surface area contributed by atoms with Crippen molar-refractivity contribution in [1.29, 1.82) is 0 Å². The average molecular weight is 760 g/mol. The molecule has 0 fully saturated rings. The number of hydrogen-bond donors (Lipinski definition) is 3. The lowest BCUT2D eigenvalue weighted by molar-refractivity contribution is -0.127. The summed E-state index contributed by atoms with van der Waals surface area (Å²) in [7, 11) is -9.19. The number of methoxy groups -OCH3 is 1. The van der Waals surface area contributed by atoms with Gasteiger partial charge in [-0.25, -0.2) is 16.8 Å². The lowest BCUT2D eigenvalue weighted by Gasteiger charge is -2.41. The maximum atomic E-state index is 14.8. The van der Waals surface area contributed by atoms with E-state index in [1.807, 2.05) is 38.1 Å². The summed E-state index contributed by atoms with van der Waals surface area (Å²) in [6, 6.07) is 17.3. The number of nitrogens with one attached hydrogen (secondary N) is 3. The molecule has 0 aromatic heterocycles. The van der Waals surface area contributed by atoms with Crippen LogP contribution in [0, 0.1) is 11.8 Å². The highest BCUT2D eigenvalue weighted by Crippen LogP contribution is 2.42. The number of hydrogen-bond acceptors (Lipinski definition) is 11. The zero-order chi connectivity index (χ0) is 37.4. The fourth-order valence-electron chi connectivity index (χ4n) is 6.27. The topological polar surface area (TPSA) is 197 Å².